The molecule has 0 unspecified atom stereocenters. The zero-order valence-electron chi connectivity index (χ0n) is 9.24. The van der Waals surface area contributed by atoms with E-state index < -0.39 is 0 Å². The van der Waals surface area contributed by atoms with Gasteiger partial charge in [-0.25, -0.2) is 0 Å². The van der Waals surface area contributed by atoms with Crippen molar-refractivity contribution >= 4 is 33.2 Å². The zero-order chi connectivity index (χ0) is 12.0. The van der Waals surface area contributed by atoms with E-state index in [0.29, 0.717) is 15.6 Å². The number of nitrogens with zero attached hydrogens (tertiary/aromatic N) is 1. The number of hydrogen-bond donors (Lipinski definition) is 1. The van der Waals surface area contributed by atoms with Crippen molar-refractivity contribution < 1.29 is 5.11 Å². The average molecular weight is 258 g/mol. The van der Waals surface area contributed by atoms with Gasteiger partial charge in [0.2, 0.25) is 0 Å². The van der Waals surface area contributed by atoms with Gasteiger partial charge in [0.15, 0.2) is 0 Å². The van der Waals surface area contributed by atoms with E-state index in [2.05, 4.69) is 0 Å². The fraction of sp³-hybridized carbons (Fsp3) is 0.364. The molecule has 0 saturated carbocycles. The molecule has 0 fully saturated rings. The second kappa shape index (κ2) is 3.79. The highest BCUT2D eigenvalue weighted by atomic mass is 35.5. The Morgan fingerprint density at radius 1 is 1.50 bits per heavy atom. The summed E-state index contributed by atoms with van der Waals surface area (Å²) in [7, 11) is 0. The van der Waals surface area contributed by atoms with Gasteiger partial charge in [0.1, 0.15) is 10.8 Å². The Morgan fingerprint density at radius 3 is 2.69 bits per heavy atom. The number of benzene rings is 1. The largest absolute Gasteiger partial charge is 0.506 e. The molecule has 1 N–H and O–H groups in total. The summed E-state index contributed by atoms with van der Waals surface area (Å²) in [5.74, 6) is 0.0614. The van der Waals surface area contributed by atoms with Crippen LogP contribution in [-0.4, -0.2) is 9.06 Å². The summed E-state index contributed by atoms with van der Waals surface area (Å²) >= 11 is 7.32. The van der Waals surface area contributed by atoms with E-state index in [-0.39, 0.29) is 22.4 Å². The number of rotatable bonds is 1. The first kappa shape index (κ1) is 11.5. The van der Waals surface area contributed by atoms with Crippen LogP contribution in [0.1, 0.15) is 25.5 Å². The Bertz CT molecular complexity index is 612. The summed E-state index contributed by atoms with van der Waals surface area (Å²) in [5, 5.41) is 10.6. The van der Waals surface area contributed by atoms with Crippen LogP contribution >= 0.6 is 23.1 Å². The molecule has 0 atom stereocenters. The fourth-order valence-electron chi connectivity index (χ4n) is 1.60. The maximum absolute atomic E-state index is 12.0. The predicted octanol–water partition coefficient (Wildman–Crippen LogP) is 3.31. The van der Waals surface area contributed by atoms with Crippen molar-refractivity contribution in [2.24, 2.45) is 0 Å². The van der Waals surface area contributed by atoms with Crippen molar-refractivity contribution in [3.63, 3.8) is 0 Å². The van der Waals surface area contributed by atoms with Gasteiger partial charge in [-0.15, -0.1) is 0 Å². The third-order valence-corrected chi connectivity index (χ3v) is 4.35. The molecular formula is C11H12ClNO2S. The van der Waals surface area contributed by atoms with Gasteiger partial charge in [-0.05, 0) is 32.4 Å². The highest BCUT2D eigenvalue weighted by Gasteiger charge is 2.16. The van der Waals surface area contributed by atoms with E-state index in [1.807, 2.05) is 13.8 Å². The van der Waals surface area contributed by atoms with Crippen LogP contribution in [0.5, 0.6) is 5.75 Å². The molecule has 2 aromatic rings. The van der Waals surface area contributed by atoms with Gasteiger partial charge in [-0.2, -0.15) is 0 Å². The Morgan fingerprint density at radius 2 is 2.12 bits per heavy atom. The second-order valence-electron chi connectivity index (χ2n) is 4.05. The quantitative estimate of drug-likeness (QED) is 0.852. The first-order valence-electron chi connectivity index (χ1n) is 4.97. The van der Waals surface area contributed by atoms with Crippen molar-refractivity contribution in [3.05, 3.63) is 27.0 Å². The number of hydrogen-bond acceptors (Lipinski definition) is 3. The number of aromatic nitrogens is 1. The zero-order valence-corrected chi connectivity index (χ0v) is 10.8. The normalized spacial score (nSPS) is 11.6. The predicted molar refractivity (Wildman–Crippen MR) is 67.9 cm³/mol. The van der Waals surface area contributed by atoms with Gasteiger partial charge in [0, 0.05) is 6.04 Å². The minimum Gasteiger partial charge on any atom is -0.506 e. The lowest BCUT2D eigenvalue weighted by Crippen LogP contribution is -2.14. The number of aryl methyl sites for hydroxylation is 1. The van der Waals surface area contributed by atoms with Crippen LogP contribution in [-0.2, 0) is 0 Å². The number of phenols is 1. The van der Waals surface area contributed by atoms with E-state index in [0.717, 1.165) is 0 Å². The summed E-state index contributed by atoms with van der Waals surface area (Å²) < 4.78 is 2.32. The van der Waals surface area contributed by atoms with Crippen molar-refractivity contribution in [1.29, 1.82) is 0 Å². The SMILES string of the molecule is Cc1cc2c(=O)n(C(C)C)sc2c(Cl)c1O. The van der Waals surface area contributed by atoms with Crippen molar-refractivity contribution in [2.45, 2.75) is 26.8 Å². The molecule has 1 heterocycles. The minimum atomic E-state index is -0.0417. The van der Waals surface area contributed by atoms with Crippen molar-refractivity contribution in [3.8, 4) is 5.75 Å². The van der Waals surface area contributed by atoms with Gasteiger partial charge >= 0.3 is 0 Å². The molecule has 0 amide bonds. The van der Waals surface area contributed by atoms with E-state index in [9.17, 15) is 9.90 Å². The molecule has 0 bridgehead atoms. The molecule has 0 saturated heterocycles. The summed E-state index contributed by atoms with van der Waals surface area (Å²) in [6.45, 7) is 5.62. The van der Waals surface area contributed by atoms with E-state index in [1.54, 1.807) is 16.9 Å². The van der Waals surface area contributed by atoms with Crippen LogP contribution in [0.2, 0.25) is 5.02 Å². The molecule has 5 heteroatoms. The van der Waals surface area contributed by atoms with Gasteiger partial charge in [0.05, 0.1) is 10.1 Å². The highest BCUT2D eigenvalue weighted by Crippen LogP contribution is 2.36. The molecule has 0 spiro atoms. The maximum Gasteiger partial charge on any atom is 0.268 e. The summed E-state index contributed by atoms with van der Waals surface area (Å²) in [6, 6.07) is 1.79. The third-order valence-electron chi connectivity index (χ3n) is 2.48. The maximum atomic E-state index is 12.0. The summed E-state index contributed by atoms with van der Waals surface area (Å²) in [5.41, 5.74) is 0.586. The van der Waals surface area contributed by atoms with Crippen LogP contribution in [0.4, 0.5) is 0 Å². The molecule has 0 aliphatic rings. The smallest absolute Gasteiger partial charge is 0.268 e. The molecular weight excluding hydrogens is 246 g/mol. The fourth-order valence-corrected chi connectivity index (χ4v) is 2.96. The van der Waals surface area contributed by atoms with Gasteiger partial charge in [-0.3, -0.25) is 8.75 Å². The Labute approximate surface area is 102 Å². The second-order valence-corrected chi connectivity index (χ2v) is 5.41. The molecule has 1 aromatic carbocycles. The van der Waals surface area contributed by atoms with Gasteiger partial charge in [0.25, 0.3) is 5.56 Å². The minimum absolute atomic E-state index is 0.0417. The molecule has 3 nitrogen and oxygen atoms in total. The molecule has 16 heavy (non-hydrogen) atoms. The lowest BCUT2D eigenvalue weighted by Gasteiger charge is -2.01. The van der Waals surface area contributed by atoms with E-state index in [4.69, 9.17) is 11.6 Å². The highest BCUT2D eigenvalue weighted by molar-refractivity contribution is 7.14. The van der Waals surface area contributed by atoms with E-state index >= 15 is 0 Å². The number of phenolic OH excluding ortho intramolecular Hbond substituents is 1. The molecule has 1 aromatic heterocycles. The van der Waals surface area contributed by atoms with E-state index in [1.165, 1.54) is 11.5 Å². The third kappa shape index (κ3) is 1.53. The van der Waals surface area contributed by atoms with Crippen molar-refractivity contribution in [1.82, 2.24) is 3.96 Å². The molecule has 86 valence electrons. The number of fused-ring (bicyclic) bond motifs is 1. The lowest BCUT2D eigenvalue weighted by atomic mass is 10.2. The summed E-state index contributed by atoms with van der Waals surface area (Å²) in [4.78, 5) is 12.0. The molecule has 0 aliphatic heterocycles. The Hall–Kier alpha value is -1.00. The molecule has 2 rings (SSSR count). The average Bonchev–Trinajstić information content (AvgIpc) is 2.54. The number of aromatic hydroxyl groups is 1. The Balaban J connectivity index is 2.93. The van der Waals surface area contributed by atoms with Gasteiger partial charge < -0.3 is 5.11 Å². The Kier molecular flexibility index (Phi) is 2.72. The number of halogens is 1. The topological polar surface area (TPSA) is 42.2 Å². The van der Waals surface area contributed by atoms with Crippen LogP contribution in [0.15, 0.2) is 10.9 Å². The van der Waals surface area contributed by atoms with Crippen LogP contribution in [0.25, 0.3) is 10.1 Å². The molecule has 0 aliphatic carbocycles. The van der Waals surface area contributed by atoms with Gasteiger partial charge in [-0.1, -0.05) is 23.1 Å². The standard InChI is InChI=1S/C11H12ClNO2S/c1-5(2)13-11(15)7-4-6(3)9(14)8(12)10(7)16-13/h4-5,14H,1-3H3. The van der Waals surface area contributed by atoms with Crippen LogP contribution in [0.3, 0.4) is 0 Å². The van der Waals surface area contributed by atoms with Crippen molar-refractivity contribution in [2.75, 3.05) is 0 Å². The van der Waals surface area contributed by atoms with Crippen LogP contribution < -0.4 is 5.56 Å². The first-order valence-corrected chi connectivity index (χ1v) is 6.12. The lowest BCUT2D eigenvalue weighted by molar-refractivity contribution is 0.472. The monoisotopic (exact) mass is 257 g/mol. The summed E-state index contributed by atoms with van der Waals surface area (Å²) in [6.07, 6.45) is 0. The first-order chi connectivity index (χ1) is 7.43. The molecule has 0 radical (unpaired) electrons. The van der Waals surface area contributed by atoms with Crippen LogP contribution in [0, 0.1) is 6.92 Å².